The van der Waals surface area contributed by atoms with Crippen molar-refractivity contribution >= 4 is 28.6 Å². The number of carbonyl (C=O) groups is 1. The molecule has 0 aliphatic rings. The number of rotatable bonds is 4. The van der Waals surface area contributed by atoms with E-state index in [2.05, 4.69) is 10.6 Å². The summed E-state index contributed by atoms with van der Waals surface area (Å²) in [5.74, 6) is -0.174. The van der Waals surface area contributed by atoms with Crippen molar-refractivity contribution in [3.05, 3.63) is 58.4 Å². The monoisotopic (exact) mass is 294 g/mol. The third-order valence-electron chi connectivity index (χ3n) is 2.49. The van der Waals surface area contributed by atoms with Crippen molar-refractivity contribution < 1.29 is 4.79 Å². The molecule has 2 rings (SSSR count). The van der Waals surface area contributed by atoms with Gasteiger partial charge in [0, 0.05) is 17.6 Å². The fourth-order valence-electron chi connectivity index (χ4n) is 1.53. The van der Waals surface area contributed by atoms with Crippen LogP contribution in [0.1, 0.15) is 9.67 Å². The van der Waals surface area contributed by atoms with Gasteiger partial charge >= 0.3 is 0 Å². The van der Waals surface area contributed by atoms with E-state index < -0.39 is 0 Å². The molecule has 1 amide bonds. The Morgan fingerprint density at radius 1 is 1.14 bits per heavy atom. The molecule has 1 aromatic carbocycles. The Morgan fingerprint density at radius 2 is 1.90 bits per heavy atom. The zero-order valence-corrected chi connectivity index (χ0v) is 11.6. The summed E-state index contributed by atoms with van der Waals surface area (Å²) in [6.45, 7) is 0. The van der Waals surface area contributed by atoms with E-state index in [0.717, 1.165) is 0 Å². The number of carbonyl (C=O) groups excluding carboxylic acids is 1. The molecule has 1 aromatic heterocycles. The van der Waals surface area contributed by atoms with Gasteiger partial charge in [0.2, 0.25) is 0 Å². The molecule has 0 saturated carbocycles. The molecule has 0 spiro atoms. The lowest BCUT2D eigenvalue weighted by atomic mass is 10.2. The van der Waals surface area contributed by atoms with Crippen molar-refractivity contribution in [1.29, 1.82) is 10.5 Å². The molecule has 2 N–H and O–H groups in total. The van der Waals surface area contributed by atoms with Crippen LogP contribution in [0.25, 0.3) is 0 Å². The highest BCUT2D eigenvalue weighted by Gasteiger charge is 2.06. The Hall–Kier alpha value is -3.09. The summed E-state index contributed by atoms with van der Waals surface area (Å²) in [7, 11) is 0. The van der Waals surface area contributed by atoms with E-state index in [1.54, 1.807) is 42.5 Å². The van der Waals surface area contributed by atoms with Gasteiger partial charge in [-0.3, -0.25) is 4.79 Å². The molecule has 0 aliphatic heterocycles. The third-order valence-corrected chi connectivity index (χ3v) is 3.36. The minimum absolute atomic E-state index is 0.0250. The van der Waals surface area contributed by atoms with Crippen molar-refractivity contribution in [3.8, 4) is 12.1 Å². The van der Waals surface area contributed by atoms with Crippen molar-refractivity contribution in [2.75, 3.05) is 10.6 Å². The molecule has 0 bridgehead atoms. The van der Waals surface area contributed by atoms with Crippen molar-refractivity contribution in [3.63, 3.8) is 0 Å². The molecule has 102 valence electrons. The largest absolute Gasteiger partial charge is 0.360 e. The topological polar surface area (TPSA) is 88.7 Å². The van der Waals surface area contributed by atoms with E-state index in [4.69, 9.17) is 10.5 Å². The summed E-state index contributed by atoms with van der Waals surface area (Å²) in [5.41, 5.74) is 1.27. The van der Waals surface area contributed by atoms with Crippen LogP contribution in [0.4, 0.5) is 11.4 Å². The Morgan fingerprint density at radius 3 is 2.57 bits per heavy atom. The van der Waals surface area contributed by atoms with E-state index in [-0.39, 0.29) is 11.5 Å². The second-order valence-electron chi connectivity index (χ2n) is 3.94. The third kappa shape index (κ3) is 3.93. The van der Waals surface area contributed by atoms with Gasteiger partial charge in [-0.05, 0) is 29.6 Å². The summed E-state index contributed by atoms with van der Waals surface area (Å²) < 4.78 is 0. The molecular formula is C15H10N4OS. The highest BCUT2D eigenvalue weighted by Crippen LogP contribution is 2.17. The Balaban J connectivity index is 2.08. The molecule has 6 heteroatoms. The van der Waals surface area contributed by atoms with Crippen molar-refractivity contribution in [2.24, 2.45) is 0 Å². The molecule has 1 heterocycles. The van der Waals surface area contributed by atoms with Crippen LogP contribution in [-0.4, -0.2) is 5.91 Å². The molecule has 2 aromatic rings. The predicted octanol–water partition coefficient (Wildman–Crippen LogP) is 3.34. The van der Waals surface area contributed by atoms with Gasteiger partial charge in [-0.1, -0.05) is 12.1 Å². The maximum atomic E-state index is 11.9. The standard InChI is InChI=1S/C15H10N4OS/c16-8-11(9-17)10-18-12-3-1-4-13(7-12)19-15(20)14-5-2-6-21-14/h1-7,10,18H,(H,19,20). The maximum absolute atomic E-state index is 11.9. The fourth-order valence-corrected chi connectivity index (χ4v) is 2.15. The molecule has 0 radical (unpaired) electrons. The van der Waals surface area contributed by atoms with E-state index in [1.165, 1.54) is 17.5 Å². The number of thiophene rings is 1. The Bertz CT molecular complexity index is 735. The summed E-state index contributed by atoms with van der Waals surface area (Å²) in [6.07, 6.45) is 1.32. The van der Waals surface area contributed by atoms with Crippen molar-refractivity contribution in [2.45, 2.75) is 0 Å². The van der Waals surface area contributed by atoms with Gasteiger partial charge in [-0.15, -0.1) is 11.3 Å². The predicted molar refractivity (Wildman–Crippen MR) is 81.6 cm³/mol. The Kier molecular flexibility index (Phi) is 4.70. The maximum Gasteiger partial charge on any atom is 0.265 e. The SMILES string of the molecule is N#CC(C#N)=CNc1cccc(NC(=O)c2cccs2)c1. The van der Waals surface area contributed by atoms with Crippen LogP contribution in [0.2, 0.25) is 0 Å². The zero-order chi connectivity index (χ0) is 15.1. The van der Waals surface area contributed by atoms with Crippen LogP contribution in [0.3, 0.4) is 0 Å². The molecule has 0 fully saturated rings. The number of nitrogens with zero attached hydrogens (tertiary/aromatic N) is 2. The minimum atomic E-state index is -0.174. The van der Waals surface area contributed by atoms with Gasteiger partial charge in [0.05, 0.1) is 4.88 Å². The van der Waals surface area contributed by atoms with Gasteiger partial charge in [-0.2, -0.15) is 10.5 Å². The summed E-state index contributed by atoms with van der Waals surface area (Å²) >= 11 is 1.37. The van der Waals surface area contributed by atoms with Crippen molar-refractivity contribution in [1.82, 2.24) is 0 Å². The molecule has 0 unspecified atom stereocenters. The normalized spacial score (nSPS) is 9.05. The molecule has 0 saturated heterocycles. The summed E-state index contributed by atoms with van der Waals surface area (Å²) in [6, 6.07) is 14.1. The molecule has 5 nitrogen and oxygen atoms in total. The number of nitrogens with one attached hydrogen (secondary N) is 2. The number of allylic oxidation sites excluding steroid dienone is 1. The first-order valence-electron chi connectivity index (χ1n) is 5.95. The van der Waals surface area contributed by atoms with E-state index in [9.17, 15) is 4.79 Å². The number of hydrogen-bond acceptors (Lipinski definition) is 5. The number of amides is 1. The lowest BCUT2D eigenvalue weighted by molar-refractivity contribution is 0.103. The molecule has 21 heavy (non-hydrogen) atoms. The lowest BCUT2D eigenvalue weighted by Crippen LogP contribution is -2.10. The fraction of sp³-hybridized carbons (Fsp3) is 0. The van der Waals surface area contributed by atoms with Crippen LogP contribution < -0.4 is 10.6 Å². The van der Waals surface area contributed by atoms with E-state index >= 15 is 0 Å². The second-order valence-corrected chi connectivity index (χ2v) is 4.89. The first kappa shape index (κ1) is 14.3. The average Bonchev–Trinajstić information content (AvgIpc) is 3.03. The minimum Gasteiger partial charge on any atom is -0.360 e. The lowest BCUT2D eigenvalue weighted by Gasteiger charge is -2.06. The number of nitriles is 2. The highest BCUT2D eigenvalue weighted by molar-refractivity contribution is 7.12. The van der Waals surface area contributed by atoms with Gasteiger partial charge in [-0.25, -0.2) is 0 Å². The number of benzene rings is 1. The molecular weight excluding hydrogens is 284 g/mol. The first-order valence-corrected chi connectivity index (χ1v) is 6.82. The first-order chi connectivity index (χ1) is 10.2. The van der Waals surface area contributed by atoms with Gasteiger partial charge in [0.1, 0.15) is 17.7 Å². The van der Waals surface area contributed by atoms with Crippen LogP contribution in [0, 0.1) is 22.7 Å². The molecule has 0 atom stereocenters. The zero-order valence-electron chi connectivity index (χ0n) is 10.8. The second kappa shape index (κ2) is 6.90. The van der Waals surface area contributed by atoms with E-state index in [0.29, 0.717) is 16.3 Å². The van der Waals surface area contributed by atoms with Crippen LogP contribution >= 0.6 is 11.3 Å². The Labute approximate surface area is 125 Å². The van der Waals surface area contributed by atoms with Crippen LogP contribution in [0.15, 0.2) is 53.6 Å². The van der Waals surface area contributed by atoms with Crippen LogP contribution in [-0.2, 0) is 0 Å². The number of hydrogen-bond donors (Lipinski definition) is 2. The van der Waals surface area contributed by atoms with Gasteiger partial charge < -0.3 is 10.6 Å². The van der Waals surface area contributed by atoms with E-state index in [1.807, 2.05) is 11.4 Å². The van der Waals surface area contributed by atoms with Gasteiger partial charge in [0.15, 0.2) is 0 Å². The summed E-state index contributed by atoms with van der Waals surface area (Å²) in [5, 5.41) is 24.7. The highest BCUT2D eigenvalue weighted by atomic mass is 32.1. The smallest absolute Gasteiger partial charge is 0.265 e. The van der Waals surface area contributed by atoms with Gasteiger partial charge in [0.25, 0.3) is 5.91 Å². The quantitative estimate of drug-likeness (QED) is 0.846. The average molecular weight is 294 g/mol. The molecule has 0 aliphatic carbocycles. The number of anilines is 2. The summed E-state index contributed by atoms with van der Waals surface area (Å²) in [4.78, 5) is 12.6. The van der Waals surface area contributed by atoms with Crippen LogP contribution in [0.5, 0.6) is 0 Å².